The molecule has 0 aliphatic rings. The molecule has 0 bridgehead atoms. The lowest BCUT2D eigenvalue weighted by Crippen LogP contribution is -1.98. The van der Waals surface area contributed by atoms with Gasteiger partial charge in [0.25, 0.3) is 0 Å². The molecule has 0 amide bonds. The first-order valence-electron chi connectivity index (χ1n) is 16.3. The Kier molecular flexibility index (Phi) is 6.58. The van der Waals surface area contributed by atoms with Gasteiger partial charge in [0.1, 0.15) is 0 Å². The van der Waals surface area contributed by atoms with Gasteiger partial charge in [-0.1, -0.05) is 140 Å². The number of rotatable bonds is 4. The molecule has 0 fully saturated rings. The quantitative estimate of drug-likeness (QED) is 0.142. The van der Waals surface area contributed by atoms with Crippen molar-refractivity contribution in [2.75, 3.05) is 0 Å². The van der Waals surface area contributed by atoms with Gasteiger partial charge in [0.2, 0.25) is 0 Å². The summed E-state index contributed by atoms with van der Waals surface area (Å²) in [5.74, 6) is 0. The van der Waals surface area contributed by atoms with Crippen LogP contribution in [-0.2, 0) is 0 Å². The van der Waals surface area contributed by atoms with Gasteiger partial charge < -0.3 is 4.57 Å². The van der Waals surface area contributed by atoms with E-state index in [4.69, 9.17) is 6.57 Å². The van der Waals surface area contributed by atoms with Gasteiger partial charge in [-0.2, -0.15) is 5.26 Å². The van der Waals surface area contributed by atoms with Gasteiger partial charge >= 0.3 is 0 Å². The van der Waals surface area contributed by atoms with E-state index in [1.165, 1.54) is 5.56 Å². The maximum absolute atomic E-state index is 10.0. The van der Waals surface area contributed by atoms with Crippen molar-refractivity contribution in [3.8, 4) is 45.1 Å². The van der Waals surface area contributed by atoms with Gasteiger partial charge in [-0.15, -0.1) is 0 Å². The summed E-state index contributed by atoms with van der Waals surface area (Å²) in [7, 11) is 0. The third-order valence-corrected chi connectivity index (χ3v) is 9.64. The van der Waals surface area contributed by atoms with E-state index in [1.54, 1.807) is 0 Å². The third-order valence-electron chi connectivity index (χ3n) is 9.64. The lowest BCUT2D eigenvalue weighted by molar-refractivity contribution is 1.18. The van der Waals surface area contributed by atoms with Crippen molar-refractivity contribution >= 4 is 49.0 Å². The van der Waals surface area contributed by atoms with Crippen molar-refractivity contribution in [1.29, 1.82) is 5.26 Å². The molecule has 0 aliphatic heterocycles. The Morgan fingerprint density at radius 1 is 0.469 bits per heavy atom. The second-order valence-electron chi connectivity index (χ2n) is 12.3. The zero-order valence-electron chi connectivity index (χ0n) is 26.4. The fourth-order valence-electron chi connectivity index (χ4n) is 7.55. The van der Waals surface area contributed by atoms with E-state index in [0.717, 1.165) is 76.9 Å². The molecule has 1 heterocycles. The van der Waals surface area contributed by atoms with Gasteiger partial charge in [0.15, 0.2) is 5.69 Å². The first kappa shape index (κ1) is 28.3. The van der Waals surface area contributed by atoms with Crippen molar-refractivity contribution in [3.05, 3.63) is 181 Å². The van der Waals surface area contributed by atoms with Crippen molar-refractivity contribution in [3.63, 3.8) is 0 Å². The van der Waals surface area contributed by atoms with E-state index in [-0.39, 0.29) is 0 Å². The predicted molar refractivity (Wildman–Crippen MR) is 203 cm³/mol. The van der Waals surface area contributed by atoms with Crippen LogP contribution in [0.5, 0.6) is 0 Å². The SMILES string of the molecule is [C-]#[N+]c1ccc(-c2ccc(C#N)cc2-n2c3ccccc3c3ccccc32)cc1-c1c2ccccc2c(-c2ccccc2)c2ccccc12. The summed E-state index contributed by atoms with van der Waals surface area (Å²) in [6.07, 6.45) is 0. The minimum absolute atomic E-state index is 0.590. The Morgan fingerprint density at radius 2 is 1.00 bits per heavy atom. The molecule has 0 saturated carbocycles. The fraction of sp³-hybridized carbons (Fsp3) is 0. The molecule has 0 N–H and O–H groups in total. The Labute approximate surface area is 284 Å². The minimum atomic E-state index is 0.590. The standard InChI is InChI=1S/C46H27N3/c1-48-41-26-24-32(33-25-23-30(29-47)27-44(33)49-42-21-11-9-15-34(42)35-16-10-12-22-43(35)49)28-40(41)46-38-19-7-5-17-36(38)45(31-13-3-2-4-14-31)37-18-6-8-20-39(37)46/h2-28H. The molecule has 226 valence electrons. The van der Waals surface area contributed by atoms with E-state index in [2.05, 4.69) is 143 Å². The number of para-hydroxylation sites is 2. The number of hydrogen-bond acceptors (Lipinski definition) is 1. The molecule has 0 atom stereocenters. The Bertz CT molecular complexity index is 2740. The largest absolute Gasteiger partial charge is 0.309 e. The highest BCUT2D eigenvalue weighted by molar-refractivity contribution is 6.22. The maximum Gasteiger partial charge on any atom is 0.194 e. The number of nitrogens with zero attached hydrogens (tertiary/aromatic N) is 3. The molecule has 3 heteroatoms. The smallest absolute Gasteiger partial charge is 0.194 e. The van der Waals surface area contributed by atoms with E-state index < -0.39 is 0 Å². The van der Waals surface area contributed by atoms with Crippen LogP contribution in [0.25, 0.3) is 87.3 Å². The number of benzene rings is 8. The van der Waals surface area contributed by atoms with Crippen LogP contribution in [0.1, 0.15) is 5.56 Å². The molecule has 0 spiro atoms. The molecule has 9 aromatic rings. The topological polar surface area (TPSA) is 33.1 Å². The Hall–Kier alpha value is -6.94. The first-order chi connectivity index (χ1) is 24.2. The number of hydrogen-bond donors (Lipinski definition) is 0. The maximum atomic E-state index is 10.0. The lowest BCUT2D eigenvalue weighted by Gasteiger charge is -2.20. The third kappa shape index (κ3) is 4.42. The molecule has 1 aromatic heterocycles. The second-order valence-corrected chi connectivity index (χ2v) is 12.3. The number of fused-ring (bicyclic) bond motifs is 5. The van der Waals surface area contributed by atoms with E-state index in [9.17, 15) is 5.26 Å². The summed E-state index contributed by atoms with van der Waals surface area (Å²) in [5, 5.41) is 16.8. The molecule has 0 unspecified atom stereocenters. The van der Waals surface area contributed by atoms with E-state index in [0.29, 0.717) is 11.3 Å². The average Bonchev–Trinajstić information content (AvgIpc) is 3.51. The molecule has 9 rings (SSSR count). The zero-order chi connectivity index (χ0) is 32.9. The average molecular weight is 622 g/mol. The highest BCUT2D eigenvalue weighted by atomic mass is 15.0. The summed E-state index contributed by atoms with van der Waals surface area (Å²) >= 11 is 0. The highest BCUT2D eigenvalue weighted by Gasteiger charge is 2.21. The monoisotopic (exact) mass is 621 g/mol. The van der Waals surface area contributed by atoms with Crippen LogP contribution < -0.4 is 0 Å². The molecule has 3 nitrogen and oxygen atoms in total. The van der Waals surface area contributed by atoms with E-state index in [1.807, 2.05) is 36.4 Å². The van der Waals surface area contributed by atoms with Crippen LogP contribution in [0.3, 0.4) is 0 Å². The number of aromatic nitrogens is 1. The van der Waals surface area contributed by atoms with Crippen molar-refractivity contribution < 1.29 is 0 Å². The molecular formula is C46H27N3. The van der Waals surface area contributed by atoms with Crippen LogP contribution in [0.15, 0.2) is 164 Å². The number of nitriles is 1. The van der Waals surface area contributed by atoms with Crippen LogP contribution in [0.4, 0.5) is 5.69 Å². The zero-order valence-corrected chi connectivity index (χ0v) is 26.4. The van der Waals surface area contributed by atoms with Gasteiger partial charge in [0.05, 0.1) is 34.9 Å². The molecule has 0 aliphatic carbocycles. The van der Waals surface area contributed by atoms with Crippen LogP contribution >= 0.6 is 0 Å². The van der Waals surface area contributed by atoms with Gasteiger partial charge in [-0.3, -0.25) is 0 Å². The Morgan fingerprint density at radius 3 is 1.57 bits per heavy atom. The van der Waals surface area contributed by atoms with Gasteiger partial charge in [0, 0.05) is 16.3 Å². The van der Waals surface area contributed by atoms with Crippen molar-refractivity contribution in [2.24, 2.45) is 0 Å². The second kappa shape index (κ2) is 11.4. The summed E-state index contributed by atoms with van der Waals surface area (Å²) in [6, 6.07) is 58.9. The highest BCUT2D eigenvalue weighted by Crippen LogP contribution is 2.47. The van der Waals surface area contributed by atoms with Crippen molar-refractivity contribution in [2.45, 2.75) is 0 Å². The molecule has 0 saturated heterocycles. The molecule has 49 heavy (non-hydrogen) atoms. The normalized spacial score (nSPS) is 11.2. The lowest BCUT2D eigenvalue weighted by atomic mass is 9.85. The van der Waals surface area contributed by atoms with E-state index >= 15 is 0 Å². The van der Waals surface area contributed by atoms with Crippen molar-refractivity contribution in [1.82, 2.24) is 4.57 Å². The van der Waals surface area contributed by atoms with Gasteiger partial charge in [-0.25, -0.2) is 4.85 Å². The minimum Gasteiger partial charge on any atom is -0.309 e. The van der Waals surface area contributed by atoms with Gasteiger partial charge in [-0.05, 0) is 73.6 Å². The van der Waals surface area contributed by atoms with Crippen LogP contribution in [-0.4, -0.2) is 4.57 Å². The molecular weight excluding hydrogens is 595 g/mol. The van der Waals surface area contributed by atoms with Crippen LogP contribution in [0.2, 0.25) is 0 Å². The summed E-state index contributed by atoms with van der Waals surface area (Å²) in [4.78, 5) is 4.06. The fourth-order valence-corrected chi connectivity index (χ4v) is 7.55. The molecule has 8 aromatic carbocycles. The Balaban J connectivity index is 1.36. The first-order valence-corrected chi connectivity index (χ1v) is 16.3. The summed E-state index contributed by atoms with van der Waals surface area (Å²) in [5.41, 5.74) is 10.5. The summed E-state index contributed by atoms with van der Waals surface area (Å²) < 4.78 is 2.27. The predicted octanol–water partition coefficient (Wildman–Crippen LogP) is 12.5. The van der Waals surface area contributed by atoms with Crippen LogP contribution in [0, 0.1) is 17.9 Å². The summed E-state index contributed by atoms with van der Waals surface area (Å²) in [6.45, 7) is 8.28. The molecule has 0 radical (unpaired) electrons.